The van der Waals surface area contributed by atoms with Crippen LogP contribution in [0.4, 0.5) is 17.2 Å². The summed E-state index contributed by atoms with van der Waals surface area (Å²) in [6.07, 6.45) is 10.3. The quantitative estimate of drug-likeness (QED) is 0.672. The summed E-state index contributed by atoms with van der Waals surface area (Å²) in [4.78, 5) is 7.14. The smallest absolute Gasteiger partial charge is 0.289 e. The molecular formula is C24H36N7O2+. The molecule has 0 bridgehead atoms. The molecule has 5 rings (SSSR count). The highest BCUT2D eigenvalue weighted by atomic mass is 16.5. The fourth-order valence-electron chi connectivity index (χ4n) is 5.52. The summed E-state index contributed by atoms with van der Waals surface area (Å²) in [6, 6.07) is 4.67. The third-order valence-electron chi connectivity index (χ3n) is 7.46. The van der Waals surface area contributed by atoms with Crippen molar-refractivity contribution in [3.63, 3.8) is 0 Å². The highest BCUT2D eigenvalue weighted by molar-refractivity contribution is 5.86. The number of hydrogen-bond acceptors (Lipinski definition) is 7. The SMILES string of the molecule is CNC1CCN(c2ccc([N+]3=Cc4c(c(C5CCCCC5)nn4C)N(O)C3)c(OC)n2)CC1. The maximum absolute atomic E-state index is 11.0. The van der Waals surface area contributed by atoms with Crippen molar-refractivity contribution in [1.82, 2.24) is 20.1 Å². The summed E-state index contributed by atoms with van der Waals surface area (Å²) < 4.78 is 9.56. The molecule has 0 aromatic carbocycles. The molecule has 1 aliphatic carbocycles. The first-order valence-corrected chi connectivity index (χ1v) is 12.2. The number of piperidine rings is 1. The topological polar surface area (TPSA) is 81.7 Å². The molecule has 9 nitrogen and oxygen atoms in total. The van der Waals surface area contributed by atoms with Gasteiger partial charge in [-0.2, -0.15) is 19.7 Å². The van der Waals surface area contributed by atoms with Gasteiger partial charge in [-0.3, -0.25) is 9.89 Å². The summed E-state index contributed by atoms with van der Waals surface area (Å²) in [5, 5.41) is 20.6. The molecule has 1 saturated heterocycles. The van der Waals surface area contributed by atoms with Crippen molar-refractivity contribution in [3.05, 3.63) is 23.5 Å². The van der Waals surface area contributed by atoms with Crippen molar-refractivity contribution in [2.75, 3.05) is 43.9 Å². The van der Waals surface area contributed by atoms with E-state index < -0.39 is 0 Å². The lowest BCUT2D eigenvalue weighted by molar-refractivity contribution is -0.445. The molecule has 2 aliphatic heterocycles. The molecule has 2 aromatic heterocycles. The number of hydrogen-bond donors (Lipinski definition) is 2. The minimum absolute atomic E-state index is 0.309. The third kappa shape index (κ3) is 4.19. The number of aryl methyl sites for hydroxylation is 1. The number of nitrogens with zero attached hydrogens (tertiary/aromatic N) is 6. The molecule has 0 amide bonds. The van der Waals surface area contributed by atoms with Gasteiger partial charge in [-0.1, -0.05) is 19.3 Å². The number of nitrogens with one attached hydrogen (secondary N) is 1. The first-order valence-electron chi connectivity index (χ1n) is 12.2. The Morgan fingerprint density at radius 1 is 1.12 bits per heavy atom. The second-order valence-electron chi connectivity index (χ2n) is 9.47. The van der Waals surface area contributed by atoms with E-state index in [9.17, 15) is 5.21 Å². The van der Waals surface area contributed by atoms with Gasteiger partial charge in [-0.25, -0.2) is 0 Å². The molecule has 0 spiro atoms. The highest BCUT2D eigenvalue weighted by Gasteiger charge is 2.35. The van der Waals surface area contributed by atoms with Gasteiger partial charge in [0.05, 0.1) is 12.8 Å². The maximum atomic E-state index is 11.0. The van der Waals surface area contributed by atoms with Gasteiger partial charge in [-0.15, -0.1) is 0 Å². The van der Waals surface area contributed by atoms with Crippen LogP contribution in [0.15, 0.2) is 12.1 Å². The van der Waals surface area contributed by atoms with Crippen LogP contribution in [-0.4, -0.2) is 70.7 Å². The summed E-state index contributed by atoms with van der Waals surface area (Å²) in [6.45, 7) is 2.26. The van der Waals surface area contributed by atoms with Crippen molar-refractivity contribution >= 4 is 23.4 Å². The second kappa shape index (κ2) is 9.30. The Morgan fingerprint density at radius 3 is 2.58 bits per heavy atom. The standard InChI is InChI=1S/C24H36N7O2/c1-25-18-11-13-29(14-12-18)21-10-9-19(24(26-21)33-3)30-15-20-23(31(32)16-30)22(27-28(20)2)17-7-5-4-6-8-17/h9-10,15,17-18,25,32H,4-8,11-14,16H2,1-3H3/q+1. The highest BCUT2D eigenvalue weighted by Crippen LogP contribution is 2.40. The van der Waals surface area contributed by atoms with Crippen LogP contribution in [-0.2, 0) is 7.05 Å². The van der Waals surface area contributed by atoms with Crippen molar-refractivity contribution in [3.8, 4) is 5.88 Å². The molecule has 2 fully saturated rings. The van der Waals surface area contributed by atoms with E-state index in [0.29, 0.717) is 24.5 Å². The zero-order chi connectivity index (χ0) is 22.9. The molecule has 2 aromatic rings. The van der Waals surface area contributed by atoms with E-state index in [1.807, 2.05) is 29.4 Å². The van der Waals surface area contributed by atoms with E-state index in [0.717, 1.165) is 67.4 Å². The lowest BCUT2D eigenvalue weighted by Crippen LogP contribution is -2.41. The van der Waals surface area contributed by atoms with Gasteiger partial charge < -0.3 is 15.0 Å². The number of anilines is 2. The van der Waals surface area contributed by atoms with E-state index in [1.54, 1.807) is 7.11 Å². The van der Waals surface area contributed by atoms with Crippen molar-refractivity contribution in [1.29, 1.82) is 0 Å². The molecule has 33 heavy (non-hydrogen) atoms. The van der Waals surface area contributed by atoms with E-state index in [1.165, 1.54) is 24.3 Å². The number of ether oxygens (including phenoxy) is 1. The summed E-state index contributed by atoms with van der Waals surface area (Å²) >= 11 is 0. The van der Waals surface area contributed by atoms with Gasteiger partial charge in [0.25, 0.3) is 11.6 Å². The Kier molecular flexibility index (Phi) is 6.25. The lowest BCUT2D eigenvalue weighted by atomic mass is 9.86. The largest absolute Gasteiger partial charge is 0.476 e. The van der Waals surface area contributed by atoms with Crippen LogP contribution in [0.3, 0.4) is 0 Å². The number of hydroxylamine groups is 1. The lowest BCUT2D eigenvalue weighted by Gasteiger charge is -2.32. The molecule has 178 valence electrons. The molecule has 1 saturated carbocycles. The van der Waals surface area contributed by atoms with Gasteiger partial charge in [0, 0.05) is 38.2 Å². The molecule has 9 heteroatoms. The van der Waals surface area contributed by atoms with E-state index in [2.05, 4.69) is 22.5 Å². The van der Waals surface area contributed by atoms with Gasteiger partial charge in [-0.05, 0) is 38.8 Å². The van der Waals surface area contributed by atoms with Crippen molar-refractivity contribution < 1.29 is 14.5 Å². The van der Waals surface area contributed by atoms with Crippen molar-refractivity contribution in [2.45, 2.75) is 56.9 Å². The fourth-order valence-corrected chi connectivity index (χ4v) is 5.52. The zero-order valence-electron chi connectivity index (χ0n) is 20.0. The summed E-state index contributed by atoms with van der Waals surface area (Å²) in [7, 11) is 5.63. The maximum Gasteiger partial charge on any atom is 0.289 e. The predicted molar refractivity (Wildman–Crippen MR) is 128 cm³/mol. The van der Waals surface area contributed by atoms with Gasteiger partial charge >= 0.3 is 0 Å². The number of aromatic nitrogens is 3. The van der Waals surface area contributed by atoms with Crippen molar-refractivity contribution in [2.24, 2.45) is 7.05 Å². The Balaban J connectivity index is 1.44. The van der Waals surface area contributed by atoms with Crippen LogP contribution in [0.25, 0.3) is 0 Å². The van der Waals surface area contributed by atoms with Gasteiger partial charge in [0.1, 0.15) is 11.5 Å². The Bertz CT molecular complexity index is 1020. The first-order chi connectivity index (χ1) is 16.1. The van der Waals surface area contributed by atoms with Crippen LogP contribution in [0.2, 0.25) is 0 Å². The van der Waals surface area contributed by atoms with Crippen LogP contribution in [0, 0.1) is 0 Å². The molecule has 0 atom stereocenters. The Morgan fingerprint density at radius 2 is 1.88 bits per heavy atom. The molecule has 3 aliphatic rings. The van der Waals surface area contributed by atoms with Crippen LogP contribution in [0.1, 0.15) is 62.3 Å². The average molecular weight is 455 g/mol. The van der Waals surface area contributed by atoms with Gasteiger partial charge in [0.15, 0.2) is 11.9 Å². The third-order valence-corrected chi connectivity index (χ3v) is 7.46. The minimum Gasteiger partial charge on any atom is -0.476 e. The number of pyridine rings is 1. The summed E-state index contributed by atoms with van der Waals surface area (Å²) in [5.41, 5.74) is 3.61. The Hall–Kier alpha value is -2.65. The summed E-state index contributed by atoms with van der Waals surface area (Å²) in [5.74, 6) is 1.92. The second-order valence-corrected chi connectivity index (χ2v) is 9.47. The number of fused-ring (bicyclic) bond motifs is 1. The normalized spacial score (nSPS) is 20.1. The number of methoxy groups -OCH3 is 1. The first kappa shape index (κ1) is 22.2. The molecule has 2 N–H and O–H groups in total. The number of rotatable bonds is 5. The van der Waals surface area contributed by atoms with E-state index in [4.69, 9.17) is 14.8 Å². The monoisotopic (exact) mass is 454 g/mol. The minimum atomic E-state index is 0.309. The molecule has 0 unspecified atom stereocenters. The van der Waals surface area contributed by atoms with Gasteiger partial charge in [0.2, 0.25) is 6.67 Å². The fraction of sp³-hybridized carbons (Fsp3) is 0.625. The van der Waals surface area contributed by atoms with E-state index in [-0.39, 0.29) is 0 Å². The molecule has 0 radical (unpaired) electrons. The predicted octanol–water partition coefficient (Wildman–Crippen LogP) is 2.99. The van der Waals surface area contributed by atoms with Crippen LogP contribution >= 0.6 is 0 Å². The zero-order valence-corrected chi connectivity index (χ0v) is 20.0. The molecule has 4 heterocycles. The van der Waals surface area contributed by atoms with Crippen LogP contribution in [0.5, 0.6) is 5.88 Å². The van der Waals surface area contributed by atoms with Crippen LogP contribution < -0.4 is 20.0 Å². The Labute approximate surface area is 195 Å². The molecular weight excluding hydrogens is 418 g/mol. The van der Waals surface area contributed by atoms with E-state index >= 15 is 0 Å². The average Bonchev–Trinajstić information content (AvgIpc) is 3.21.